The van der Waals surface area contributed by atoms with Crippen molar-refractivity contribution in [1.82, 2.24) is 15.5 Å². The van der Waals surface area contributed by atoms with E-state index < -0.39 is 12.0 Å². The van der Waals surface area contributed by atoms with Gasteiger partial charge >= 0.3 is 18.0 Å². The number of unbranched alkanes of at least 4 members (excludes halogenated alkanes) is 1. The lowest BCUT2D eigenvalue weighted by Crippen LogP contribution is -2.52. The number of ether oxygens (including phenoxy) is 1. The molecule has 29 heavy (non-hydrogen) atoms. The highest BCUT2D eigenvalue weighted by molar-refractivity contribution is 5.91. The molecule has 0 saturated carbocycles. The van der Waals surface area contributed by atoms with Crippen molar-refractivity contribution in [3.05, 3.63) is 24.3 Å². The zero-order chi connectivity index (χ0) is 21.1. The SMILES string of the molecule is CCCCNC(=O)N1CCN(c2ccc(NC(=O)NCC(=O)OCC)cc2)CC1. The van der Waals surface area contributed by atoms with E-state index in [0.717, 1.165) is 38.2 Å². The average Bonchev–Trinajstić information content (AvgIpc) is 2.73. The largest absolute Gasteiger partial charge is 0.465 e. The molecule has 9 nitrogen and oxygen atoms in total. The van der Waals surface area contributed by atoms with E-state index in [9.17, 15) is 14.4 Å². The molecule has 2 rings (SSSR count). The van der Waals surface area contributed by atoms with Gasteiger partial charge in [-0.05, 0) is 37.6 Å². The fourth-order valence-electron chi connectivity index (χ4n) is 2.95. The van der Waals surface area contributed by atoms with Crippen molar-refractivity contribution in [2.75, 3.05) is 56.1 Å². The molecule has 0 aromatic heterocycles. The van der Waals surface area contributed by atoms with Crippen LogP contribution in [0.25, 0.3) is 0 Å². The number of benzene rings is 1. The minimum absolute atomic E-state index is 0.00600. The molecule has 1 heterocycles. The lowest BCUT2D eigenvalue weighted by molar-refractivity contribution is -0.141. The first kappa shape index (κ1) is 22.3. The van der Waals surface area contributed by atoms with E-state index in [1.807, 2.05) is 29.2 Å². The fourth-order valence-corrected chi connectivity index (χ4v) is 2.95. The second-order valence-corrected chi connectivity index (χ2v) is 6.72. The van der Waals surface area contributed by atoms with Gasteiger partial charge in [0, 0.05) is 44.1 Å². The van der Waals surface area contributed by atoms with Gasteiger partial charge in [-0.3, -0.25) is 4.79 Å². The van der Waals surface area contributed by atoms with E-state index in [2.05, 4.69) is 27.8 Å². The van der Waals surface area contributed by atoms with Crippen molar-refractivity contribution in [2.24, 2.45) is 0 Å². The molecular weight excluding hydrogens is 374 g/mol. The Morgan fingerprint density at radius 3 is 2.31 bits per heavy atom. The summed E-state index contributed by atoms with van der Waals surface area (Å²) in [6.07, 6.45) is 2.05. The van der Waals surface area contributed by atoms with Crippen molar-refractivity contribution in [1.29, 1.82) is 0 Å². The number of amides is 4. The third-order valence-corrected chi connectivity index (χ3v) is 4.56. The van der Waals surface area contributed by atoms with Crippen LogP contribution in [0.3, 0.4) is 0 Å². The molecule has 1 aromatic carbocycles. The van der Waals surface area contributed by atoms with E-state index in [1.54, 1.807) is 6.92 Å². The fraction of sp³-hybridized carbons (Fsp3) is 0.550. The molecule has 3 N–H and O–H groups in total. The molecule has 0 atom stereocenters. The molecule has 4 amide bonds. The maximum atomic E-state index is 12.1. The quantitative estimate of drug-likeness (QED) is 0.453. The van der Waals surface area contributed by atoms with E-state index in [-0.39, 0.29) is 19.2 Å². The van der Waals surface area contributed by atoms with Crippen LogP contribution in [0.4, 0.5) is 21.0 Å². The van der Waals surface area contributed by atoms with Crippen LogP contribution in [-0.2, 0) is 9.53 Å². The van der Waals surface area contributed by atoms with Gasteiger partial charge in [0.2, 0.25) is 0 Å². The summed E-state index contributed by atoms with van der Waals surface area (Å²) in [5.74, 6) is -0.476. The summed E-state index contributed by atoms with van der Waals surface area (Å²) in [7, 11) is 0. The third-order valence-electron chi connectivity index (χ3n) is 4.56. The number of urea groups is 2. The van der Waals surface area contributed by atoms with Crippen molar-refractivity contribution < 1.29 is 19.1 Å². The number of hydrogen-bond donors (Lipinski definition) is 3. The molecule has 1 aliphatic rings. The van der Waals surface area contributed by atoms with Crippen LogP contribution in [0, 0.1) is 0 Å². The number of piperazine rings is 1. The smallest absolute Gasteiger partial charge is 0.325 e. The number of nitrogens with one attached hydrogen (secondary N) is 3. The third kappa shape index (κ3) is 7.52. The molecule has 1 fully saturated rings. The summed E-state index contributed by atoms with van der Waals surface area (Å²) in [6.45, 7) is 7.50. The zero-order valence-electron chi connectivity index (χ0n) is 17.2. The van der Waals surface area contributed by atoms with Crippen LogP contribution in [0.15, 0.2) is 24.3 Å². The molecule has 0 radical (unpaired) electrons. The number of anilines is 2. The summed E-state index contributed by atoms with van der Waals surface area (Å²) < 4.78 is 4.76. The van der Waals surface area contributed by atoms with Crippen molar-refractivity contribution in [2.45, 2.75) is 26.7 Å². The zero-order valence-corrected chi connectivity index (χ0v) is 17.2. The maximum absolute atomic E-state index is 12.1. The minimum Gasteiger partial charge on any atom is -0.465 e. The lowest BCUT2D eigenvalue weighted by atomic mass is 10.2. The molecule has 160 valence electrons. The molecule has 0 unspecified atom stereocenters. The number of nitrogens with zero attached hydrogens (tertiary/aromatic N) is 2. The van der Waals surface area contributed by atoms with Crippen molar-refractivity contribution >= 4 is 29.4 Å². The van der Waals surface area contributed by atoms with Crippen LogP contribution in [0.5, 0.6) is 0 Å². The highest BCUT2D eigenvalue weighted by Crippen LogP contribution is 2.19. The Hall–Kier alpha value is -2.97. The highest BCUT2D eigenvalue weighted by atomic mass is 16.5. The van der Waals surface area contributed by atoms with E-state index in [4.69, 9.17) is 4.74 Å². The number of esters is 1. The first-order chi connectivity index (χ1) is 14.0. The Kier molecular flexibility index (Phi) is 9.07. The highest BCUT2D eigenvalue weighted by Gasteiger charge is 2.21. The Morgan fingerprint density at radius 2 is 1.69 bits per heavy atom. The number of hydrogen-bond acceptors (Lipinski definition) is 5. The summed E-state index contributed by atoms with van der Waals surface area (Å²) in [4.78, 5) is 39.2. The predicted octanol–water partition coefficient (Wildman–Crippen LogP) is 2.00. The lowest BCUT2D eigenvalue weighted by Gasteiger charge is -2.36. The molecule has 1 saturated heterocycles. The van der Waals surface area contributed by atoms with Crippen LogP contribution in [-0.4, -0.2) is 68.8 Å². The topological polar surface area (TPSA) is 103 Å². The maximum Gasteiger partial charge on any atom is 0.325 e. The Balaban J connectivity index is 1.75. The predicted molar refractivity (Wildman–Crippen MR) is 112 cm³/mol. The molecule has 0 bridgehead atoms. The Labute approximate surface area is 171 Å². The second-order valence-electron chi connectivity index (χ2n) is 6.72. The van der Waals surface area contributed by atoms with Crippen molar-refractivity contribution in [3.63, 3.8) is 0 Å². The second kappa shape index (κ2) is 11.8. The van der Waals surface area contributed by atoms with Gasteiger partial charge in [0.1, 0.15) is 6.54 Å². The van der Waals surface area contributed by atoms with Crippen LogP contribution >= 0.6 is 0 Å². The first-order valence-corrected chi connectivity index (χ1v) is 10.1. The van der Waals surface area contributed by atoms with Gasteiger partial charge in [-0.15, -0.1) is 0 Å². The van der Waals surface area contributed by atoms with Crippen LogP contribution in [0.1, 0.15) is 26.7 Å². The minimum atomic E-state index is -0.476. The van der Waals surface area contributed by atoms with Gasteiger partial charge < -0.3 is 30.5 Å². The normalized spacial score (nSPS) is 13.6. The molecule has 0 spiro atoms. The number of rotatable bonds is 8. The summed E-state index contributed by atoms with van der Waals surface area (Å²) in [5, 5.41) is 8.08. The van der Waals surface area contributed by atoms with Crippen LogP contribution < -0.4 is 20.9 Å². The molecule has 9 heteroatoms. The summed E-state index contributed by atoms with van der Waals surface area (Å²) in [5.41, 5.74) is 1.66. The van der Waals surface area contributed by atoms with Crippen LogP contribution in [0.2, 0.25) is 0 Å². The van der Waals surface area contributed by atoms with Gasteiger partial charge in [-0.1, -0.05) is 13.3 Å². The Morgan fingerprint density at radius 1 is 1.00 bits per heavy atom. The van der Waals surface area contributed by atoms with E-state index >= 15 is 0 Å². The Bertz CT molecular complexity index is 672. The van der Waals surface area contributed by atoms with E-state index in [1.165, 1.54) is 0 Å². The monoisotopic (exact) mass is 405 g/mol. The van der Waals surface area contributed by atoms with Crippen molar-refractivity contribution in [3.8, 4) is 0 Å². The molecule has 1 aromatic rings. The summed E-state index contributed by atoms with van der Waals surface area (Å²) in [6, 6.07) is 7.02. The van der Waals surface area contributed by atoms with Gasteiger partial charge in [0.25, 0.3) is 0 Å². The molecule has 0 aliphatic carbocycles. The van der Waals surface area contributed by atoms with Gasteiger partial charge in [0.15, 0.2) is 0 Å². The van der Waals surface area contributed by atoms with Gasteiger partial charge in [-0.25, -0.2) is 9.59 Å². The summed E-state index contributed by atoms with van der Waals surface area (Å²) >= 11 is 0. The first-order valence-electron chi connectivity index (χ1n) is 10.1. The molecule has 1 aliphatic heterocycles. The van der Waals surface area contributed by atoms with E-state index in [0.29, 0.717) is 18.8 Å². The standard InChI is InChI=1S/C20H31N5O4/c1-3-5-10-21-20(28)25-13-11-24(12-14-25)17-8-6-16(7-9-17)23-19(27)22-15-18(26)29-4-2/h6-9H,3-5,10-15H2,1-2H3,(H,21,28)(H2,22,23,27). The average molecular weight is 405 g/mol. The number of carbonyl (C=O) groups excluding carboxylic acids is 3. The van der Waals surface area contributed by atoms with Gasteiger partial charge in [-0.2, -0.15) is 0 Å². The molecular formula is C20H31N5O4. The van der Waals surface area contributed by atoms with Gasteiger partial charge in [0.05, 0.1) is 6.61 Å². The number of carbonyl (C=O) groups is 3.